The fraction of sp³-hybridized carbons (Fsp3) is 0.385. The van der Waals surface area contributed by atoms with Crippen molar-refractivity contribution in [3.63, 3.8) is 0 Å². The summed E-state index contributed by atoms with van der Waals surface area (Å²) in [6.45, 7) is 3.84. The zero-order chi connectivity index (χ0) is 11.8. The first-order chi connectivity index (χ1) is 7.47. The van der Waals surface area contributed by atoms with Crippen LogP contribution in [0, 0.1) is 6.92 Å². The van der Waals surface area contributed by atoms with Crippen LogP contribution in [-0.2, 0) is 37.5 Å². The second-order valence-corrected chi connectivity index (χ2v) is 19.8. The maximum Gasteiger partial charge on any atom is 0 e. The Morgan fingerprint density at radius 3 is 2.24 bits per heavy atom. The number of nitrogens with zero attached hydrogens (tertiary/aromatic N) is 1. The van der Waals surface area contributed by atoms with Gasteiger partial charge in [-0.2, -0.15) is 0 Å². The summed E-state index contributed by atoms with van der Waals surface area (Å²) in [5.41, 5.74) is 2.20. The third kappa shape index (κ3) is 4.03. The van der Waals surface area contributed by atoms with E-state index < -0.39 is 18.4 Å². The van der Waals surface area contributed by atoms with E-state index in [9.17, 15) is 0 Å². The Labute approximate surface area is 133 Å². The number of hydrogen-bond acceptors (Lipinski definition) is 2. The van der Waals surface area contributed by atoms with Gasteiger partial charge in [-0.3, -0.25) is 0 Å². The summed E-state index contributed by atoms with van der Waals surface area (Å²) in [4.78, 5) is 12.4. The second-order valence-electron chi connectivity index (χ2n) is 5.30. The topological polar surface area (TPSA) is 21.6 Å². The van der Waals surface area contributed by atoms with E-state index in [0.29, 0.717) is 0 Å². The molecule has 2 rings (SSSR count). The zero-order valence-corrected chi connectivity index (χ0v) is 16.4. The third-order valence-electron chi connectivity index (χ3n) is 2.82. The Morgan fingerprint density at radius 2 is 1.82 bits per heavy atom. The van der Waals surface area contributed by atoms with Crippen molar-refractivity contribution in [2.45, 2.75) is 27.3 Å². The van der Waals surface area contributed by atoms with Gasteiger partial charge in [0.05, 0.1) is 0 Å². The molecule has 4 heteroatoms. The van der Waals surface area contributed by atoms with Gasteiger partial charge in [0.25, 0.3) is 0 Å². The van der Waals surface area contributed by atoms with Gasteiger partial charge in [0.15, 0.2) is 0 Å². The van der Waals surface area contributed by atoms with Crippen molar-refractivity contribution in [2.24, 2.45) is 5.16 Å². The van der Waals surface area contributed by atoms with Crippen molar-refractivity contribution in [3.05, 3.63) is 36.8 Å². The average molecular weight is 412 g/mol. The fourth-order valence-corrected chi connectivity index (χ4v) is 5.09. The minimum atomic E-state index is -1.90. The molecule has 1 atom stereocenters. The van der Waals surface area contributed by atoms with Crippen LogP contribution in [0.1, 0.15) is 12.0 Å². The Morgan fingerprint density at radius 1 is 1.24 bits per heavy atom. The van der Waals surface area contributed by atoms with Crippen LogP contribution in [0.5, 0.6) is 0 Å². The number of benzene rings is 1. The summed E-state index contributed by atoms with van der Waals surface area (Å²) in [6.07, 6.45) is 0.800. The van der Waals surface area contributed by atoms with E-state index in [2.05, 4.69) is 51.2 Å². The van der Waals surface area contributed by atoms with Gasteiger partial charge in [-0.15, -0.1) is 0 Å². The molecule has 1 heterocycles. The van der Waals surface area contributed by atoms with Crippen molar-refractivity contribution in [1.82, 2.24) is 0 Å². The molecule has 0 bridgehead atoms. The van der Waals surface area contributed by atoms with Crippen LogP contribution in [-0.4, -0.2) is 30.2 Å². The molecule has 1 aromatic rings. The minimum absolute atomic E-state index is 0. The first-order valence-corrected chi connectivity index (χ1v) is 15.6. The Bertz CT molecular complexity index is 408. The molecular weight excluding hydrogens is 394 g/mol. The first-order valence-electron chi connectivity index (χ1n) is 5.63. The smallest absolute Gasteiger partial charge is 0 e. The zero-order valence-electron chi connectivity index (χ0n) is 10.7. The molecule has 0 saturated carbocycles. The van der Waals surface area contributed by atoms with Crippen LogP contribution in [0.25, 0.3) is 0 Å². The van der Waals surface area contributed by atoms with Crippen molar-refractivity contribution in [3.8, 4) is 0 Å². The SMILES string of the molecule is [CH2-]C1CC(c2cc[c]([Sn]([CH3])([CH3])[CH3])cc2)=NO1.[Y]. The quantitative estimate of drug-likeness (QED) is 0.541. The first kappa shape index (κ1) is 15.6. The maximum atomic E-state index is 5.11. The molecule has 0 fully saturated rings. The number of hydrogen-bond donors (Lipinski definition) is 0. The average Bonchev–Trinajstić information content (AvgIpc) is 2.64. The standard InChI is InChI=1S/C10H9NO.3CH3.Sn.Y/c1-8-7-10(11-12-8)9-5-3-2-4-6-9;;;;;/h3-6,8H,1,7H2;3*1H3;;/q-1;;;;;. The van der Waals surface area contributed by atoms with Gasteiger partial charge in [-0.25, -0.2) is 0 Å². The summed E-state index contributed by atoms with van der Waals surface area (Å²) < 4.78 is 1.55. The predicted octanol–water partition coefficient (Wildman–Crippen LogP) is 2.56. The Balaban J connectivity index is 0.00000144. The normalized spacial score (nSPS) is 19.3. The molecular formula is C13H18NOSnY-. The van der Waals surface area contributed by atoms with Gasteiger partial charge < -0.3 is 0 Å². The molecule has 0 spiro atoms. The molecule has 17 heavy (non-hydrogen) atoms. The van der Waals surface area contributed by atoms with Gasteiger partial charge in [0, 0.05) is 32.7 Å². The van der Waals surface area contributed by atoms with E-state index in [1.807, 2.05) is 0 Å². The molecule has 1 aliphatic rings. The molecule has 0 N–H and O–H groups in total. The predicted molar refractivity (Wildman–Crippen MR) is 70.8 cm³/mol. The van der Waals surface area contributed by atoms with Crippen molar-refractivity contribution in [2.75, 3.05) is 0 Å². The summed E-state index contributed by atoms with van der Waals surface area (Å²) >= 11 is -1.90. The molecule has 0 amide bonds. The van der Waals surface area contributed by atoms with Crippen LogP contribution in [0.15, 0.2) is 29.4 Å². The van der Waals surface area contributed by atoms with E-state index in [4.69, 9.17) is 4.84 Å². The molecule has 0 saturated heterocycles. The number of oxime groups is 1. The van der Waals surface area contributed by atoms with E-state index >= 15 is 0 Å². The molecule has 1 unspecified atom stereocenters. The van der Waals surface area contributed by atoms with Gasteiger partial charge >= 0.3 is 102 Å². The van der Waals surface area contributed by atoms with Gasteiger partial charge in [0.1, 0.15) is 0 Å². The van der Waals surface area contributed by atoms with Crippen molar-refractivity contribution >= 4 is 27.7 Å². The van der Waals surface area contributed by atoms with Crippen molar-refractivity contribution < 1.29 is 37.5 Å². The molecule has 1 aliphatic heterocycles. The van der Waals surface area contributed by atoms with Gasteiger partial charge in [0.2, 0.25) is 0 Å². The van der Waals surface area contributed by atoms with E-state index in [1.165, 1.54) is 5.56 Å². The summed E-state index contributed by atoms with van der Waals surface area (Å²) in [6, 6.07) is 8.84. The van der Waals surface area contributed by atoms with E-state index in [-0.39, 0.29) is 38.8 Å². The summed E-state index contributed by atoms with van der Waals surface area (Å²) in [5.74, 6) is 0. The number of rotatable bonds is 2. The molecule has 2 nitrogen and oxygen atoms in total. The Kier molecular flexibility index (Phi) is 5.67. The van der Waals surface area contributed by atoms with Crippen LogP contribution in [0.3, 0.4) is 0 Å². The third-order valence-corrected chi connectivity index (χ3v) is 8.71. The summed E-state index contributed by atoms with van der Waals surface area (Å²) in [7, 11) is 0. The van der Waals surface area contributed by atoms with Gasteiger partial charge in [-0.1, -0.05) is 0 Å². The van der Waals surface area contributed by atoms with Crippen LogP contribution in [0.4, 0.5) is 0 Å². The summed E-state index contributed by atoms with van der Waals surface area (Å²) in [5, 5.41) is 4.05. The molecule has 0 aromatic heterocycles. The monoisotopic (exact) mass is 413 g/mol. The van der Waals surface area contributed by atoms with Gasteiger partial charge in [-0.05, 0) is 0 Å². The largest absolute Gasteiger partial charge is 0 e. The Hall–Kier alpha value is 0.593. The van der Waals surface area contributed by atoms with E-state index in [1.54, 1.807) is 3.58 Å². The second kappa shape index (κ2) is 6.16. The molecule has 1 radical (unpaired) electrons. The van der Waals surface area contributed by atoms with E-state index in [0.717, 1.165) is 12.1 Å². The molecule has 1 aromatic carbocycles. The maximum absolute atomic E-state index is 5.11. The van der Waals surface area contributed by atoms with Crippen LogP contribution >= 0.6 is 0 Å². The van der Waals surface area contributed by atoms with Crippen LogP contribution in [0.2, 0.25) is 14.8 Å². The molecule has 89 valence electrons. The van der Waals surface area contributed by atoms with Crippen LogP contribution < -0.4 is 3.58 Å². The van der Waals surface area contributed by atoms with Crippen molar-refractivity contribution in [1.29, 1.82) is 0 Å². The fourth-order valence-electron chi connectivity index (χ4n) is 1.76. The minimum Gasteiger partial charge on any atom is 0 e. The molecule has 0 aliphatic carbocycles.